The number of ether oxygens (including phenoxy) is 1. The number of likely N-dealkylation sites (tertiary alicyclic amines) is 1. The summed E-state index contributed by atoms with van der Waals surface area (Å²) in [5.41, 5.74) is 3.08. The Bertz CT molecular complexity index is 869. The van der Waals surface area contributed by atoms with Crippen LogP contribution < -0.4 is 10.2 Å². The predicted molar refractivity (Wildman–Crippen MR) is 114 cm³/mol. The van der Waals surface area contributed by atoms with Crippen LogP contribution in [0.25, 0.3) is 0 Å². The highest BCUT2D eigenvalue weighted by molar-refractivity contribution is 5.87. The molecule has 2 fully saturated rings. The van der Waals surface area contributed by atoms with E-state index in [4.69, 9.17) is 4.74 Å². The highest BCUT2D eigenvalue weighted by Gasteiger charge is 2.42. The fourth-order valence-corrected chi connectivity index (χ4v) is 4.91. The standard InChI is InChI=1S/C24H29N3O4/c28-23(26-30)22-16-20(31-19-8-12-25-13-9-19)6-7-21(22)24(29)27-14-10-18(11-15-27)17-4-2-1-3-5-17/h1-5,8-9,12-13,18,20-22,30H,6-7,10-11,14-16H2,(H,26,28)/t20?,21-,22-/m0/s1. The van der Waals surface area contributed by atoms with Gasteiger partial charge in [-0.25, -0.2) is 5.48 Å². The smallest absolute Gasteiger partial charge is 0.247 e. The monoisotopic (exact) mass is 423 g/mol. The summed E-state index contributed by atoms with van der Waals surface area (Å²) in [6.07, 6.45) is 6.62. The van der Waals surface area contributed by atoms with E-state index in [2.05, 4.69) is 29.2 Å². The molecule has 2 amide bonds. The second kappa shape index (κ2) is 9.92. The summed E-state index contributed by atoms with van der Waals surface area (Å²) in [4.78, 5) is 31.6. The zero-order chi connectivity index (χ0) is 21.6. The van der Waals surface area contributed by atoms with Crippen molar-refractivity contribution in [3.8, 4) is 5.75 Å². The number of nitrogens with one attached hydrogen (secondary N) is 1. The lowest BCUT2D eigenvalue weighted by Crippen LogP contribution is -2.49. The number of carbonyl (C=O) groups is 2. The predicted octanol–water partition coefficient (Wildman–Crippen LogP) is 3.16. The third kappa shape index (κ3) is 5.05. The fourth-order valence-electron chi connectivity index (χ4n) is 4.91. The molecule has 3 atom stereocenters. The van der Waals surface area contributed by atoms with Crippen molar-refractivity contribution in [1.29, 1.82) is 0 Å². The Morgan fingerprint density at radius 2 is 1.68 bits per heavy atom. The van der Waals surface area contributed by atoms with Crippen molar-refractivity contribution >= 4 is 11.8 Å². The number of hydrogen-bond donors (Lipinski definition) is 2. The van der Waals surface area contributed by atoms with Crippen molar-refractivity contribution in [2.75, 3.05) is 13.1 Å². The van der Waals surface area contributed by atoms with E-state index in [1.165, 1.54) is 5.56 Å². The Kier molecular flexibility index (Phi) is 6.82. The summed E-state index contributed by atoms with van der Waals surface area (Å²) >= 11 is 0. The molecule has 0 radical (unpaired) electrons. The molecule has 2 heterocycles. The van der Waals surface area contributed by atoms with Crippen LogP contribution in [0, 0.1) is 11.8 Å². The summed E-state index contributed by atoms with van der Waals surface area (Å²) in [6.45, 7) is 1.39. The van der Waals surface area contributed by atoms with Gasteiger partial charge in [0.15, 0.2) is 0 Å². The molecule has 1 saturated heterocycles. The van der Waals surface area contributed by atoms with Crippen molar-refractivity contribution in [1.82, 2.24) is 15.4 Å². The summed E-state index contributed by atoms with van der Waals surface area (Å²) in [5.74, 6) is -0.382. The molecule has 2 aliphatic rings. The van der Waals surface area contributed by atoms with Crippen molar-refractivity contribution in [2.24, 2.45) is 11.8 Å². The molecule has 0 bridgehead atoms. The highest BCUT2D eigenvalue weighted by Crippen LogP contribution is 2.36. The minimum atomic E-state index is -0.607. The first kappa shape index (κ1) is 21.3. The van der Waals surface area contributed by atoms with E-state index in [9.17, 15) is 14.8 Å². The molecule has 1 aliphatic carbocycles. The number of aromatic nitrogens is 1. The zero-order valence-corrected chi connectivity index (χ0v) is 17.5. The number of carbonyl (C=O) groups excluding carboxylic acids is 2. The van der Waals surface area contributed by atoms with Crippen LogP contribution >= 0.6 is 0 Å². The van der Waals surface area contributed by atoms with E-state index in [0.29, 0.717) is 44.0 Å². The number of piperidine rings is 1. The van der Waals surface area contributed by atoms with Crippen LogP contribution in [-0.4, -0.2) is 46.1 Å². The summed E-state index contributed by atoms with van der Waals surface area (Å²) in [7, 11) is 0. The van der Waals surface area contributed by atoms with Gasteiger partial charge in [-0.3, -0.25) is 19.8 Å². The normalized spacial score (nSPS) is 24.4. The maximum atomic E-state index is 13.3. The van der Waals surface area contributed by atoms with Gasteiger partial charge in [0.1, 0.15) is 5.75 Å². The second-order valence-corrected chi connectivity index (χ2v) is 8.44. The maximum Gasteiger partial charge on any atom is 0.247 e. The van der Waals surface area contributed by atoms with Crippen LogP contribution in [0.2, 0.25) is 0 Å². The lowest BCUT2D eigenvalue weighted by atomic mass is 9.76. The molecule has 0 spiro atoms. The van der Waals surface area contributed by atoms with Gasteiger partial charge >= 0.3 is 0 Å². The van der Waals surface area contributed by atoms with Crippen LogP contribution in [0.5, 0.6) is 5.75 Å². The van der Waals surface area contributed by atoms with Gasteiger partial charge in [0.25, 0.3) is 0 Å². The molecule has 1 aromatic carbocycles. The summed E-state index contributed by atoms with van der Waals surface area (Å²) in [6, 6.07) is 14.0. The van der Waals surface area contributed by atoms with E-state index in [1.54, 1.807) is 30.0 Å². The fraction of sp³-hybridized carbons (Fsp3) is 0.458. The largest absolute Gasteiger partial charge is 0.490 e. The van der Waals surface area contributed by atoms with E-state index in [0.717, 1.165) is 12.8 Å². The number of rotatable bonds is 5. The minimum Gasteiger partial charge on any atom is -0.490 e. The topological polar surface area (TPSA) is 91.8 Å². The average molecular weight is 424 g/mol. The van der Waals surface area contributed by atoms with Gasteiger partial charge in [0.2, 0.25) is 11.8 Å². The number of benzene rings is 1. The lowest BCUT2D eigenvalue weighted by molar-refractivity contribution is -0.149. The van der Waals surface area contributed by atoms with Gasteiger partial charge in [-0.2, -0.15) is 0 Å². The quantitative estimate of drug-likeness (QED) is 0.569. The number of amides is 2. The number of hydroxylamine groups is 1. The minimum absolute atomic E-state index is 0.0162. The Balaban J connectivity index is 1.38. The molecule has 31 heavy (non-hydrogen) atoms. The number of pyridine rings is 1. The van der Waals surface area contributed by atoms with Crippen molar-refractivity contribution in [3.63, 3.8) is 0 Å². The Hall–Kier alpha value is -2.93. The van der Waals surface area contributed by atoms with Crippen LogP contribution in [0.15, 0.2) is 54.9 Å². The van der Waals surface area contributed by atoms with Gasteiger partial charge in [0, 0.05) is 25.5 Å². The zero-order valence-electron chi connectivity index (χ0n) is 17.5. The molecule has 7 nitrogen and oxygen atoms in total. The van der Waals surface area contributed by atoms with Crippen LogP contribution in [0.1, 0.15) is 43.6 Å². The molecule has 164 valence electrons. The molecule has 1 aromatic heterocycles. The molecule has 1 unspecified atom stereocenters. The molecule has 1 saturated carbocycles. The molecular formula is C24H29N3O4. The summed E-state index contributed by atoms with van der Waals surface area (Å²) < 4.78 is 5.99. The van der Waals surface area contributed by atoms with Gasteiger partial charge in [-0.05, 0) is 55.7 Å². The van der Waals surface area contributed by atoms with Gasteiger partial charge in [0.05, 0.1) is 17.9 Å². The van der Waals surface area contributed by atoms with Crippen LogP contribution in [0.3, 0.4) is 0 Å². The van der Waals surface area contributed by atoms with Crippen molar-refractivity contribution in [3.05, 3.63) is 60.4 Å². The van der Waals surface area contributed by atoms with E-state index < -0.39 is 17.7 Å². The maximum absolute atomic E-state index is 13.3. The van der Waals surface area contributed by atoms with E-state index in [1.807, 2.05) is 11.0 Å². The lowest BCUT2D eigenvalue weighted by Gasteiger charge is -2.39. The Morgan fingerprint density at radius 3 is 2.35 bits per heavy atom. The third-order valence-electron chi connectivity index (χ3n) is 6.60. The van der Waals surface area contributed by atoms with Crippen molar-refractivity contribution in [2.45, 2.75) is 44.1 Å². The molecular weight excluding hydrogens is 394 g/mol. The Labute approximate surface area is 182 Å². The first-order valence-corrected chi connectivity index (χ1v) is 11.0. The number of nitrogens with zero attached hydrogens (tertiary/aromatic N) is 2. The first-order valence-electron chi connectivity index (χ1n) is 11.0. The van der Waals surface area contributed by atoms with E-state index in [-0.39, 0.29) is 12.0 Å². The van der Waals surface area contributed by atoms with Crippen LogP contribution in [-0.2, 0) is 9.59 Å². The van der Waals surface area contributed by atoms with Gasteiger partial charge in [-0.1, -0.05) is 30.3 Å². The van der Waals surface area contributed by atoms with Gasteiger partial charge < -0.3 is 9.64 Å². The molecule has 2 N–H and O–H groups in total. The summed E-state index contributed by atoms with van der Waals surface area (Å²) in [5, 5.41) is 9.26. The average Bonchev–Trinajstić information content (AvgIpc) is 2.84. The molecule has 2 aromatic rings. The van der Waals surface area contributed by atoms with Gasteiger partial charge in [-0.15, -0.1) is 0 Å². The van der Waals surface area contributed by atoms with Crippen molar-refractivity contribution < 1.29 is 19.5 Å². The van der Waals surface area contributed by atoms with E-state index >= 15 is 0 Å². The molecule has 4 rings (SSSR count). The Morgan fingerprint density at radius 1 is 0.968 bits per heavy atom. The molecule has 1 aliphatic heterocycles. The number of hydrogen-bond acceptors (Lipinski definition) is 5. The molecule has 7 heteroatoms. The third-order valence-corrected chi connectivity index (χ3v) is 6.60. The first-order chi connectivity index (χ1) is 15.2. The highest BCUT2D eigenvalue weighted by atomic mass is 16.5. The second-order valence-electron chi connectivity index (χ2n) is 8.44. The van der Waals surface area contributed by atoms with Crippen LogP contribution in [0.4, 0.5) is 0 Å². The SMILES string of the molecule is O=C(NO)[C@H]1CC(Oc2ccncc2)CC[C@@H]1C(=O)N1CCC(c2ccccc2)CC1.